The van der Waals surface area contributed by atoms with Gasteiger partial charge in [0.15, 0.2) is 0 Å². The molecule has 0 aliphatic carbocycles. The van der Waals surface area contributed by atoms with Crippen LogP contribution in [0.25, 0.3) is 0 Å². The van der Waals surface area contributed by atoms with E-state index in [0.717, 1.165) is 23.4 Å². The molecule has 4 rings (SSSR count). The Morgan fingerprint density at radius 2 is 1.74 bits per heavy atom. The standard InChI is InChI=1S/C23H21FN2O/c1-16-14-22(20-12-5-6-13-21(20)25-16)26(19-10-3-2-4-11-19)23(27)17-8-7-9-18(24)15-17/h2-13,15-16,22,25H,14H2,1H3/t16-,22-/m0/s1. The number of carbonyl (C=O) groups is 1. The van der Waals surface area contributed by atoms with Gasteiger partial charge in [-0.05, 0) is 55.3 Å². The summed E-state index contributed by atoms with van der Waals surface area (Å²) in [5, 5.41) is 3.49. The Labute approximate surface area is 158 Å². The molecule has 1 aliphatic rings. The molecule has 1 N–H and O–H groups in total. The minimum atomic E-state index is -0.409. The number of fused-ring (bicyclic) bond motifs is 1. The van der Waals surface area contributed by atoms with E-state index in [2.05, 4.69) is 12.2 Å². The topological polar surface area (TPSA) is 32.3 Å². The van der Waals surface area contributed by atoms with E-state index in [0.29, 0.717) is 5.56 Å². The number of para-hydroxylation sites is 2. The molecule has 0 saturated carbocycles. The second kappa shape index (κ2) is 7.23. The number of nitrogens with zero attached hydrogens (tertiary/aromatic N) is 1. The van der Waals surface area contributed by atoms with Crippen LogP contribution in [0.4, 0.5) is 15.8 Å². The largest absolute Gasteiger partial charge is 0.382 e. The van der Waals surface area contributed by atoms with Gasteiger partial charge in [0.05, 0.1) is 6.04 Å². The lowest BCUT2D eigenvalue weighted by atomic mass is 9.91. The summed E-state index contributed by atoms with van der Waals surface area (Å²) in [5.41, 5.74) is 3.27. The number of rotatable bonds is 3. The van der Waals surface area contributed by atoms with Gasteiger partial charge in [-0.15, -0.1) is 0 Å². The van der Waals surface area contributed by atoms with Crippen molar-refractivity contribution in [3.8, 4) is 0 Å². The van der Waals surface area contributed by atoms with E-state index in [1.807, 2.05) is 54.6 Å². The lowest BCUT2D eigenvalue weighted by molar-refractivity contribution is 0.0973. The van der Waals surface area contributed by atoms with E-state index >= 15 is 0 Å². The van der Waals surface area contributed by atoms with Crippen LogP contribution in [0.2, 0.25) is 0 Å². The molecular weight excluding hydrogens is 339 g/mol. The Morgan fingerprint density at radius 3 is 2.52 bits per heavy atom. The quantitative estimate of drug-likeness (QED) is 0.676. The number of hydrogen-bond donors (Lipinski definition) is 1. The molecule has 3 aromatic rings. The molecule has 1 amide bonds. The molecule has 136 valence electrons. The highest BCUT2D eigenvalue weighted by molar-refractivity contribution is 6.06. The van der Waals surface area contributed by atoms with Crippen LogP contribution in [0, 0.1) is 5.82 Å². The average Bonchev–Trinajstić information content (AvgIpc) is 2.69. The highest BCUT2D eigenvalue weighted by Gasteiger charge is 2.33. The highest BCUT2D eigenvalue weighted by Crippen LogP contribution is 2.39. The fourth-order valence-corrected chi connectivity index (χ4v) is 3.74. The zero-order valence-corrected chi connectivity index (χ0v) is 15.1. The first-order valence-corrected chi connectivity index (χ1v) is 9.13. The molecule has 0 aromatic heterocycles. The fraction of sp³-hybridized carbons (Fsp3) is 0.174. The van der Waals surface area contributed by atoms with Gasteiger partial charge in [-0.1, -0.05) is 42.5 Å². The lowest BCUT2D eigenvalue weighted by Gasteiger charge is -2.39. The first kappa shape index (κ1) is 17.3. The van der Waals surface area contributed by atoms with Crippen LogP contribution >= 0.6 is 0 Å². The van der Waals surface area contributed by atoms with Gasteiger partial charge < -0.3 is 10.2 Å². The van der Waals surface area contributed by atoms with Crippen molar-refractivity contribution in [2.24, 2.45) is 0 Å². The van der Waals surface area contributed by atoms with Crippen LogP contribution in [0.3, 0.4) is 0 Å². The number of benzene rings is 3. The van der Waals surface area contributed by atoms with Gasteiger partial charge in [-0.3, -0.25) is 4.79 Å². The molecule has 0 bridgehead atoms. The summed E-state index contributed by atoms with van der Waals surface area (Å²) in [5.74, 6) is -0.609. The molecule has 2 atom stereocenters. The minimum absolute atomic E-state index is 0.129. The molecule has 3 aromatic carbocycles. The van der Waals surface area contributed by atoms with Gasteiger partial charge in [-0.2, -0.15) is 0 Å². The predicted molar refractivity (Wildman–Crippen MR) is 107 cm³/mol. The second-order valence-electron chi connectivity index (χ2n) is 6.91. The summed E-state index contributed by atoms with van der Waals surface area (Å²) in [4.78, 5) is 15.2. The van der Waals surface area contributed by atoms with E-state index in [-0.39, 0.29) is 18.0 Å². The van der Waals surface area contributed by atoms with Crippen molar-refractivity contribution in [1.29, 1.82) is 0 Å². The third-order valence-corrected chi connectivity index (χ3v) is 4.93. The van der Waals surface area contributed by atoms with Gasteiger partial charge in [0.2, 0.25) is 0 Å². The summed E-state index contributed by atoms with van der Waals surface area (Å²) >= 11 is 0. The molecule has 27 heavy (non-hydrogen) atoms. The van der Waals surface area contributed by atoms with Gasteiger partial charge in [-0.25, -0.2) is 4.39 Å². The third-order valence-electron chi connectivity index (χ3n) is 4.93. The second-order valence-corrected chi connectivity index (χ2v) is 6.91. The molecule has 0 spiro atoms. The number of nitrogens with one attached hydrogen (secondary N) is 1. The Bertz CT molecular complexity index is 957. The number of carbonyl (C=O) groups excluding carboxylic acids is 1. The third kappa shape index (κ3) is 3.43. The fourth-order valence-electron chi connectivity index (χ4n) is 3.74. The van der Waals surface area contributed by atoms with Crippen molar-refractivity contribution >= 4 is 17.3 Å². The highest BCUT2D eigenvalue weighted by atomic mass is 19.1. The van der Waals surface area contributed by atoms with Crippen LogP contribution in [0.1, 0.15) is 35.3 Å². The number of hydrogen-bond acceptors (Lipinski definition) is 2. The predicted octanol–water partition coefficient (Wildman–Crippen LogP) is 5.42. The van der Waals surface area contributed by atoms with Gasteiger partial charge >= 0.3 is 0 Å². The monoisotopic (exact) mass is 360 g/mol. The normalized spacial score (nSPS) is 18.3. The van der Waals surface area contributed by atoms with Crippen molar-refractivity contribution in [3.63, 3.8) is 0 Å². The van der Waals surface area contributed by atoms with Crippen LogP contribution in [0.5, 0.6) is 0 Å². The molecule has 0 fully saturated rings. The smallest absolute Gasteiger partial charge is 0.258 e. The van der Waals surface area contributed by atoms with E-state index in [1.54, 1.807) is 17.0 Å². The summed E-state index contributed by atoms with van der Waals surface area (Å²) in [6, 6.07) is 23.6. The molecule has 0 saturated heterocycles. The molecule has 0 radical (unpaired) electrons. The average molecular weight is 360 g/mol. The maximum atomic E-state index is 13.8. The van der Waals surface area contributed by atoms with Gasteiger partial charge in [0, 0.05) is 23.0 Å². The molecule has 0 unspecified atom stereocenters. The molecule has 1 aliphatic heterocycles. The zero-order valence-electron chi connectivity index (χ0n) is 15.1. The molecule has 1 heterocycles. The Kier molecular flexibility index (Phi) is 4.63. The first-order chi connectivity index (χ1) is 13.1. The van der Waals surface area contributed by atoms with Gasteiger partial charge in [0.1, 0.15) is 5.82 Å². The van der Waals surface area contributed by atoms with Crippen LogP contribution < -0.4 is 10.2 Å². The van der Waals surface area contributed by atoms with Crippen molar-refractivity contribution in [2.75, 3.05) is 10.2 Å². The Hall–Kier alpha value is -3.14. The van der Waals surface area contributed by atoms with E-state index < -0.39 is 5.82 Å². The number of halogens is 1. The number of anilines is 2. The summed E-state index contributed by atoms with van der Waals surface area (Å²) in [6.45, 7) is 2.11. The van der Waals surface area contributed by atoms with Crippen molar-refractivity contribution < 1.29 is 9.18 Å². The summed E-state index contributed by atoms with van der Waals surface area (Å²) in [6.07, 6.45) is 0.771. The minimum Gasteiger partial charge on any atom is -0.382 e. The van der Waals surface area contributed by atoms with Crippen molar-refractivity contribution in [3.05, 3.63) is 95.8 Å². The molecule has 4 heteroatoms. The van der Waals surface area contributed by atoms with Crippen molar-refractivity contribution in [2.45, 2.75) is 25.4 Å². The van der Waals surface area contributed by atoms with E-state index in [9.17, 15) is 9.18 Å². The maximum absolute atomic E-state index is 13.8. The SMILES string of the molecule is C[C@H]1C[C@H](N(C(=O)c2cccc(F)c2)c2ccccc2)c2ccccc2N1. The first-order valence-electron chi connectivity index (χ1n) is 9.13. The van der Waals surface area contributed by atoms with Crippen molar-refractivity contribution in [1.82, 2.24) is 0 Å². The molecular formula is C23H21FN2O. The van der Waals surface area contributed by atoms with E-state index in [1.165, 1.54) is 12.1 Å². The number of amides is 1. The summed E-state index contributed by atoms with van der Waals surface area (Å²) in [7, 11) is 0. The van der Waals surface area contributed by atoms with Crippen LogP contribution in [0.15, 0.2) is 78.9 Å². The molecule has 3 nitrogen and oxygen atoms in total. The maximum Gasteiger partial charge on any atom is 0.258 e. The van der Waals surface area contributed by atoms with Crippen LogP contribution in [-0.2, 0) is 0 Å². The zero-order chi connectivity index (χ0) is 18.8. The van der Waals surface area contributed by atoms with E-state index in [4.69, 9.17) is 0 Å². The Morgan fingerprint density at radius 1 is 1.00 bits per heavy atom. The van der Waals surface area contributed by atoms with Gasteiger partial charge in [0.25, 0.3) is 5.91 Å². The summed E-state index contributed by atoms with van der Waals surface area (Å²) < 4.78 is 13.8. The Balaban J connectivity index is 1.83. The van der Waals surface area contributed by atoms with Crippen LogP contribution in [-0.4, -0.2) is 11.9 Å². The lowest BCUT2D eigenvalue weighted by Crippen LogP contribution is -2.40.